The second kappa shape index (κ2) is 7.13. The summed E-state index contributed by atoms with van der Waals surface area (Å²) in [6.07, 6.45) is 11.6. The fourth-order valence-corrected chi connectivity index (χ4v) is 3.26. The second-order valence-corrected chi connectivity index (χ2v) is 5.82. The molecule has 0 aromatic heterocycles. The van der Waals surface area contributed by atoms with Crippen LogP contribution < -0.4 is 0 Å². The summed E-state index contributed by atoms with van der Waals surface area (Å²) >= 11 is 0. The Bertz CT molecular complexity index is 273. The van der Waals surface area contributed by atoms with Gasteiger partial charge < -0.3 is 5.11 Å². The predicted molar refractivity (Wildman–Crippen MR) is 74.3 cm³/mol. The first-order valence-corrected chi connectivity index (χ1v) is 7.34. The molecule has 0 aromatic rings. The minimum Gasteiger partial charge on any atom is -0.392 e. The lowest BCUT2D eigenvalue weighted by Gasteiger charge is -2.35. The molecule has 102 valence electrons. The third-order valence-electron chi connectivity index (χ3n) is 4.33. The van der Waals surface area contributed by atoms with Gasteiger partial charge in [0.05, 0.1) is 12.6 Å². The smallest absolute Gasteiger partial charge is 0.0669 e. The predicted octanol–water partition coefficient (Wildman–Crippen LogP) is 1.18. The summed E-state index contributed by atoms with van der Waals surface area (Å²) in [4.78, 5) is 4.69. The Morgan fingerprint density at radius 2 is 1.72 bits per heavy atom. The molecule has 1 saturated carbocycles. The third kappa shape index (κ3) is 4.28. The summed E-state index contributed by atoms with van der Waals surface area (Å²) < 4.78 is 0. The summed E-state index contributed by atoms with van der Waals surface area (Å²) in [6.45, 7) is 5.78. The minimum atomic E-state index is -0.132. The van der Waals surface area contributed by atoms with Gasteiger partial charge in [0, 0.05) is 32.7 Å². The molecule has 1 heterocycles. The molecule has 1 saturated heterocycles. The zero-order valence-electron chi connectivity index (χ0n) is 11.4. The van der Waals surface area contributed by atoms with Crippen LogP contribution >= 0.6 is 0 Å². The molecule has 2 rings (SSSR count). The van der Waals surface area contributed by atoms with Crippen molar-refractivity contribution in [1.29, 1.82) is 0 Å². The summed E-state index contributed by atoms with van der Waals surface area (Å²) in [5.74, 6) is 3.48. The summed E-state index contributed by atoms with van der Waals surface area (Å²) in [6, 6.07) is 0. The van der Waals surface area contributed by atoms with Gasteiger partial charge in [-0.25, -0.2) is 0 Å². The van der Waals surface area contributed by atoms with E-state index in [4.69, 9.17) is 6.42 Å². The van der Waals surface area contributed by atoms with Crippen molar-refractivity contribution in [3.63, 3.8) is 0 Å². The normalized spacial score (nSPS) is 25.1. The number of nitrogens with zero attached hydrogens (tertiary/aromatic N) is 2. The van der Waals surface area contributed by atoms with Gasteiger partial charge in [-0.15, -0.1) is 6.42 Å². The number of aliphatic hydroxyl groups is 1. The van der Waals surface area contributed by atoms with Crippen molar-refractivity contribution in [2.24, 2.45) is 5.92 Å². The van der Waals surface area contributed by atoms with Crippen LogP contribution in [-0.4, -0.2) is 60.3 Å². The van der Waals surface area contributed by atoms with Crippen LogP contribution in [0.3, 0.4) is 0 Å². The highest BCUT2D eigenvalue weighted by molar-refractivity contribution is 4.90. The number of terminal acetylenes is 1. The maximum Gasteiger partial charge on any atom is 0.0669 e. The maximum atomic E-state index is 10.1. The van der Waals surface area contributed by atoms with Crippen LogP contribution in [0.15, 0.2) is 0 Å². The summed E-state index contributed by atoms with van der Waals surface area (Å²) in [7, 11) is 0. The van der Waals surface area contributed by atoms with Gasteiger partial charge in [0.25, 0.3) is 0 Å². The standard InChI is InChI=1S/C15H26N2O/c1-2-7-16-8-10-17(11-9-16)13-15(18)12-14-5-3-4-6-14/h1,14-15,18H,3-13H2/t15-/m1/s1. The molecule has 3 heteroatoms. The average molecular weight is 250 g/mol. The average Bonchev–Trinajstić information content (AvgIpc) is 2.84. The summed E-state index contributed by atoms with van der Waals surface area (Å²) in [5.41, 5.74) is 0. The van der Waals surface area contributed by atoms with E-state index >= 15 is 0 Å². The maximum absolute atomic E-state index is 10.1. The molecule has 1 N–H and O–H groups in total. The molecule has 0 spiro atoms. The molecule has 2 fully saturated rings. The van der Waals surface area contributed by atoms with E-state index in [0.717, 1.165) is 51.6 Å². The van der Waals surface area contributed by atoms with Gasteiger partial charge in [-0.3, -0.25) is 9.80 Å². The van der Waals surface area contributed by atoms with E-state index in [0.29, 0.717) is 0 Å². The fourth-order valence-electron chi connectivity index (χ4n) is 3.26. The summed E-state index contributed by atoms with van der Waals surface area (Å²) in [5, 5.41) is 10.1. The monoisotopic (exact) mass is 250 g/mol. The zero-order valence-corrected chi connectivity index (χ0v) is 11.4. The van der Waals surface area contributed by atoms with Gasteiger partial charge in [0.1, 0.15) is 0 Å². The first-order chi connectivity index (χ1) is 8.78. The highest BCUT2D eigenvalue weighted by Gasteiger charge is 2.22. The van der Waals surface area contributed by atoms with E-state index in [2.05, 4.69) is 15.7 Å². The molecule has 3 nitrogen and oxygen atoms in total. The molecule has 1 aliphatic heterocycles. The Labute approximate surface area is 111 Å². The van der Waals surface area contributed by atoms with Crippen molar-refractivity contribution in [3.05, 3.63) is 0 Å². The second-order valence-electron chi connectivity index (χ2n) is 5.82. The van der Waals surface area contributed by atoms with Crippen LogP contribution in [-0.2, 0) is 0 Å². The van der Waals surface area contributed by atoms with E-state index in [1.165, 1.54) is 25.7 Å². The van der Waals surface area contributed by atoms with Crippen LogP contribution in [0.4, 0.5) is 0 Å². The van der Waals surface area contributed by atoms with E-state index in [1.807, 2.05) is 0 Å². The van der Waals surface area contributed by atoms with Crippen molar-refractivity contribution in [2.75, 3.05) is 39.3 Å². The number of rotatable bonds is 5. The number of aliphatic hydroxyl groups excluding tert-OH is 1. The van der Waals surface area contributed by atoms with Crippen molar-refractivity contribution >= 4 is 0 Å². The molecule has 0 radical (unpaired) electrons. The van der Waals surface area contributed by atoms with Gasteiger partial charge >= 0.3 is 0 Å². The molecular formula is C15H26N2O. The molecule has 18 heavy (non-hydrogen) atoms. The Hall–Kier alpha value is -0.560. The molecule has 1 aliphatic carbocycles. The van der Waals surface area contributed by atoms with Crippen molar-refractivity contribution in [3.8, 4) is 12.3 Å². The van der Waals surface area contributed by atoms with Crippen LogP contribution in [0.5, 0.6) is 0 Å². The van der Waals surface area contributed by atoms with Gasteiger partial charge in [-0.05, 0) is 12.3 Å². The van der Waals surface area contributed by atoms with Gasteiger partial charge in [-0.2, -0.15) is 0 Å². The lowest BCUT2D eigenvalue weighted by molar-refractivity contribution is 0.0638. The first-order valence-electron chi connectivity index (χ1n) is 7.34. The van der Waals surface area contributed by atoms with Crippen molar-refractivity contribution in [1.82, 2.24) is 9.80 Å². The van der Waals surface area contributed by atoms with Gasteiger partial charge in [0.2, 0.25) is 0 Å². The lowest BCUT2D eigenvalue weighted by atomic mass is 10.00. The molecule has 0 amide bonds. The molecule has 1 atom stereocenters. The highest BCUT2D eigenvalue weighted by Crippen LogP contribution is 2.28. The van der Waals surface area contributed by atoms with E-state index in [9.17, 15) is 5.11 Å². The lowest BCUT2D eigenvalue weighted by Crippen LogP contribution is -2.48. The van der Waals surface area contributed by atoms with E-state index < -0.39 is 0 Å². The SMILES string of the molecule is C#CCN1CCN(C[C@H](O)CC2CCCC2)CC1. The molecule has 2 aliphatic rings. The van der Waals surface area contributed by atoms with Crippen molar-refractivity contribution in [2.45, 2.75) is 38.2 Å². The molecule has 0 bridgehead atoms. The molecular weight excluding hydrogens is 224 g/mol. The van der Waals surface area contributed by atoms with E-state index in [1.54, 1.807) is 0 Å². The first kappa shape index (κ1) is 13.9. The Morgan fingerprint density at radius 1 is 1.11 bits per heavy atom. The number of β-amino-alcohol motifs (C(OH)–C–C–N with tert-alkyl or cyclic N) is 1. The highest BCUT2D eigenvalue weighted by atomic mass is 16.3. The molecule has 0 unspecified atom stereocenters. The van der Waals surface area contributed by atoms with Crippen LogP contribution in [0.1, 0.15) is 32.1 Å². The topological polar surface area (TPSA) is 26.7 Å². The Balaban J connectivity index is 1.63. The largest absolute Gasteiger partial charge is 0.392 e. The molecule has 0 aromatic carbocycles. The van der Waals surface area contributed by atoms with Crippen LogP contribution in [0, 0.1) is 18.3 Å². The minimum absolute atomic E-state index is 0.132. The van der Waals surface area contributed by atoms with Crippen LogP contribution in [0.2, 0.25) is 0 Å². The van der Waals surface area contributed by atoms with Gasteiger partial charge in [0.15, 0.2) is 0 Å². The Kier molecular flexibility index (Phi) is 5.49. The van der Waals surface area contributed by atoms with E-state index in [-0.39, 0.29) is 6.10 Å². The fraction of sp³-hybridized carbons (Fsp3) is 0.867. The number of hydrogen-bond donors (Lipinski definition) is 1. The van der Waals surface area contributed by atoms with Crippen molar-refractivity contribution < 1.29 is 5.11 Å². The quantitative estimate of drug-likeness (QED) is 0.742. The zero-order chi connectivity index (χ0) is 12.8. The number of piperazine rings is 1. The Morgan fingerprint density at radius 3 is 2.33 bits per heavy atom. The van der Waals surface area contributed by atoms with Gasteiger partial charge in [-0.1, -0.05) is 31.6 Å². The van der Waals surface area contributed by atoms with Crippen LogP contribution in [0.25, 0.3) is 0 Å². The number of hydrogen-bond acceptors (Lipinski definition) is 3. The third-order valence-corrected chi connectivity index (χ3v) is 4.33.